The molecule has 1 amide bonds. The summed E-state index contributed by atoms with van der Waals surface area (Å²) in [5.74, 6) is 0.871. The standard InChI is InChI=1S/C20H25NO2/c1-12(2)13-6-9-17-16(10-13)21-19(22)15-8-7-14(20(3,4)5)11-18(15)23-17/h6-12,15,18H,1-5H3,(H,21,22). The number of rotatable bonds is 1. The van der Waals surface area contributed by atoms with E-state index in [2.05, 4.69) is 58.2 Å². The van der Waals surface area contributed by atoms with Gasteiger partial charge in [0.1, 0.15) is 11.9 Å². The summed E-state index contributed by atoms with van der Waals surface area (Å²) in [6.07, 6.45) is 5.87. The topological polar surface area (TPSA) is 38.3 Å². The average molecular weight is 311 g/mol. The van der Waals surface area contributed by atoms with Crippen LogP contribution in [0.5, 0.6) is 5.75 Å². The SMILES string of the molecule is CC(C)c1ccc2c(c1)NC(=O)C1C=CC(C(C)(C)C)=CC1O2. The number of benzene rings is 1. The van der Waals surface area contributed by atoms with Crippen LogP contribution in [0.2, 0.25) is 0 Å². The summed E-state index contributed by atoms with van der Waals surface area (Å²) in [6, 6.07) is 6.06. The zero-order valence-electron chi connectivity index (χ0n) is 14.5. The Morgan fingerprint density at radius 3 is 2.61 bits per heavy atom. The summed E-state index contributed by atoms with van der Waals surface area (Å²) in [6.45, 7) is 10.8. The van der Waals surface area contributed by atoms with Crippen LogP contribution in [0.3, 0.4) is 0 Å². The highest BCUT2D eigenvalue weighted by Gasteiger charge is 2.34. The highest BCUT2D eigenvalue weighted by molar-refractivity contribution is 5.96. The Kier molecular flexibility index (Phi) is 3.83. The van der Waals surface area contributed by atoms with Crippen molar-refractivity contribution in [2.45, 2.75) is 46.6 Å². The van der Waals surface area contributed by atoms with E-state index in [0.717, 1.165) is 11.4 Å². The number of carbonyl (C=O) groups is 1. The average Bonchev–Trinajstić information content (AvgIpc) is 2.60. The lowest BCUT2D eigenvalue weighted by molar-refractivity contribution is -0.119. The number of amides is 1. The zero-order valence-corrected chi connectivity index (χ0v) is 14.5. The molecule has 0 bridgehead atoms. The van der Waals surface area contributed by atoms with Gasteiger partial charge in [-0.3, -0.25) is 4.79 Å². The first kappa shape index (κ1) is 15.9. The highest BCUT2D eigenvalue weighted by Crippen LogP contribution is 2.38. The first-order valence-electron chi connectivity index (χ1n) is 8.27. The van der Waals surface area contributed by atoms with E-state index in [4.69, 9.17) is 4.74 Å². The molecule has 3 rings (SSSR count). The van der Waals surface area contributed by atoms with E-state index in [9.17, 15) is 4.79 Å². The van der Waals surface area contributed by atoms with Gasteiger partial charge in [0.2, 0.25) is 5.91 Å². The molecular weight excluding hydrogens is 286 g/mol. The predicted octanol–water partition coefficient (Wildman–Crippen LogP) is 4.67. The molecule has 2 aliphatic rings. The number of hydrogen-bond acceptors (Lipinski definition) is 2. The Hall–Kier alpha value is -2.03. The molecule has 0 saturated carbocycles. The smallest absolute Gasteiger partial charge is 0.235 e. The number of ether oxygens (including phenoxy) is 1. The molecule has 1 aliphatic heterocycles. The van der Waals surface area contributed by atoms with Crippen molar-refractivity contribution in [2.75, 3.05) is 5.32 Å². The van der Waals surface area contributed by atoms with Crippen molar-refractivity contribution in [3.63, 3.8) is 0 Å². The van der Waals surface area contributed by atoms with Gasteiger partial charge >= 0.3 is 0 Å². The van der Waals surface area contributed by atoms with Crippen LogP contribution in [0.4, 0.5) is 5.69 Å². The van der Waals surface area contributed by atoms with E-state index in [-0.39, 0.29) is 23.3 Å². The van der Waals surface area contributed by atoms with E-state index < -0.39 is 0 Å². The minimum absolute atomic E-state index is 0.00452. The minimum atomic E-state index is -0.281. The molecule has 122 valence electrons. The molecule has 1 aromatic rings. The number of fused-ring (bicyclic) bond motifs is 2. The number of carbonyl (C=O) groups excluding carboxylic acids is 1. The monoisotopic (exact) mass is 311 g/mol. The van der Waals surface area contributed by atoms with Crippen LogP contribution in [0.15, 0.2) is 42.0 Å². The lowest BCUT2D eigenvalue weighted by Gasteiger charge is -2.28. The number of hydrogen-bond donors (Lipinski definition) is 1. The second-order valence-electron chi connectivity index (χ2n) is 7.74. The summed E-state index contributed by atoms with van der Waals surface area (Å²) in [7, 11) is 0. The predicted molar refractivity (Wildman–Crippen MR) is 93.7 cm³/mol. The molecule has 0 spiro atoms. The summed E-state index contributed by atoms with van der Waals surface area (Å²) < 4.78 is 6.18. The quantitative estimate of drug-likeness (QED) is 0.818. The minimum Gasteiger partial charge on any atom is -0.483 e. The maximum atomic E-state index is 12.6. The molecule has 3 heteroatoms. The van der Waals surface area contributed by atoms with Gasteiger partial charge < -0.3 is 10.1 Å². The summed E-state index contributed by atoms with van der Waals surface area (Å²) in [4.78, 5) is 12.6. The fraction of sp³-hybridized carbons (Fsp3) is 0.450. The van der Waals surface area contributed by atoms with Crippen LogP contribution in [0, 0.1) is 11.3 Å². The fourth-order valence-electron chi connectivity index (χ4n) is 2.97. The van der Waals surface area contributed by atoms with Crippen molar-refractivity contribution in [2.24, 2.45) is 11.3 Å². The molecule has 0 saturated heterocycles. The molecule has 1 aromatic carbocycles. The Balaban J connectivity index is 1.98. The van der Waals surface area contributed by atoms with Crippen molar-refractivity contribution < 1.29 is 9.53 Å². The largest absolute Gasteiger partial charge is 0.483 e. The van der Waals surface area contributed by atoms with E-state index in [0.29, 0.717) is 5.92 Å². The van der Waals surface area contributed by atoms with Gasteiger partial charge in [0.15, 0.2) is 0 Å². The third kappa shape index (κ3) is 3.05. The van der Waals surface area contributed by atoms with Gasteiger partial charge in [0.25, 0.3) is 0 Å². The maximum absolute atomic E-state index is 12.6. The molecule has 0 fully saturated rings. The molecule has 1 N–H and O–H groups in total. The third-order valence-electron chi connectivity index (χ3n) is 4.54. The van der Waals surface area contributed by atoms with Gasteiger partial charge in [-0.05, 0) is 40.7 Å². The zero-order chi connectivity index (χ0) is 16.8. The van der Waals surface area contributed by atoms with Crippen molar-refractivity contribution in [1.82, 2.24) is 0 Å². The second-order valence-corrected chi connectivity index (χ2v) is 7.74. The Morgan fingerprint density at radius 2 is 1.96 bits per heavy atom. The van der Waals surface area contributed by atoms with Crippen LogP contribution >= 0.6 is 0 Å². The van der Waals surface area contributed by atoms with Gasteiger partial charge in [-0.2, -0.15) is 0 Å². The molecule has 0 radical (unpaired) electrons. The van der Waals surface area contributed by atoms with Crippen LogP contribution in [0.25, 0.3) is 0 Å². The van der Waals surface area contributed by atoms with Gasteiger partial charge in [-0.15, -0.1) is 0 Å². The molecule has 2 atom stereocenters. The number of nitrogens with one attached hydrogen (secondary N) is 1. The van der Waals surface area contributed by atoms with Crippen LogP contribution in [-0.4, -0.2) is 12.0 Å². The van der Waals surface area contributed by atoms with Crippen molar-refractivity contribution in [3.05, 3.63) is 47.6 Å². The fourth-order valence-corrected chi connectivity index (χ4v) is 2.97. The van der Waals surface area contributed by atoms with Gasteiger partial charge in [0.05, 0.1) is 11.6 Å². The lowest BCUT2D eigenvalue weighted by atomic mass is 9.80. The highest BCUT2D eigenvalue weighted by atomic mass is 16.5. The summed E-state index contributed by atoms with van der Waals surface area (Å²) in [5.41, 5.74) is 3.21. The van der Waals surface area contributed by atoms with Crippen LogP contribution < -0.4 is 10.1 Å². The van der Waals surface area contributed by atoms with Crippen LogP contribution in [0.1, 0.15) is 46.1 Å². The van der Waals surface area contributed by atoms with Gasteiger partial charge in [-0.25, -0.2) is 0 Å². The van der Waals surface area contributed by atoms with Gasteiger partial charge in [-0.1, -0.05) is 52.8 Å². The number of anilines is 1. The molecule has 0 aromatic heterocycles. The van der Waals surface area contributed by atoms with Crippen molar-refractivity contribution >= 4 is 11.6 Å². The number of allylic oxidation sites excluding steroid dienone is 2. The molecule has 1 heterocycles. The first-order chi connectivity index (χ1) is 10.8. The second kappa shape index (κ2) is 5.55. The van der Waals surface area contributed by atoms with Gasteiger partial charge in [0, 0.05) is 0 Å². The van der Waals surface area contributed by atoms with Crippen LogP contribution in [-0.2, 0) is 4.79 Å². The molecule has 23 heavy (non-hydrogen) atoms. The van der Waals surface area contributed by atoms with E-state index >= 15 is 0 Å². The summed E-state index contributed by atoms with van der Waals surface area (Å²) in [5, 5.41) is 3.03. The van der Waals surface area contributed by atoms with E-state index in [1.807, 2.05) is 18.2 Å². The Bertz CT molecular complexity index is 692. The molecule has 1 aliphatic carbocycles. The molecular formula is C20H25NO2. The Morgan fingerprint density at radius 1 is 1.22 bits per heavy atom. The van der Waals surface area contributed by atoms with E-state index in [1.165, 1.54) is 11.1 Å². The molecule has 2 unspecified atom stereocenters. The third-order valence-corrected chi connectivity index (χ3v) is 4.54. The Labute approximate surface area is 138 Å². The molecule has 3 nitrogen and oxygen atoms in total. The van der Waals surface area contributed by atoms with Crippen molar-refractivity contribution in [3.8, 4) is 5.75 Å². The van der Waals surface area contributed by atoms with Crippen molar-refractivity contribution in [1.29, 1.82) is 0 Å². The van der Waals surface area contributed by atoms with E-state index in [1.54, 1.807) is 0 Å². The normalized spacial score (nSPS) is 23.4. The maximum Gasteiger partial charge on any atom is 0.235 e. The lowest BCUT2D eigenvalue weighted by Crippen LogP contribution is -2.34. The first-order valence-corrected chi connectivity index (χ1v) is 8.27. The summed E-state index contributed by atoms with van der Waals surface area (Å²) >= 11 is 0.